The molecule has 0 aliphatic heterocycles. The molecular formula is C12H20N4O2S. The second-order valence-corrected chi connectivity index (χ2v) is 7.00. The summed E-state index contributed by atoms with van der Waals surface area (Å²) in [4.78, 5) is 6.63. The van der Waals surface area contributed by atoms with Gasteiger partial charge in [0.1, 0.15) is 10.7 Å². The molecule has 1 aliphatic rings. The summed E-state index contributed by atoms with van der Waals surface area (Å²) in [6.45, 7) is 1.31. The minimum atomic E-state index is -3.41. The van der Waals surface area contributed by atoms with Gasteiger partial charge in [0.15, 0.2) is 0 Å². The lowest BCUT2D eigenvalue weighted by molar-refractivity contribution is 0.520. The van der Waals surface area contributed by atoms with Crippen molar-refractivity contribution in [2.45, 2.75) is 23.8 Å². The maximum Gasteiger partial charge on any atom is 0.244 e. The normalized spacial score (nSPS) is 15.8. The first-order chi connectivity index (χ1) is 8.96. The van der Waals surface area contributed by atoms with Crippen LogP contribution in [0.25, 0.3) is 0 Å². The van der Waals surface area contributed by atoms with Crippen molar-refractivity contribution in [2.24, 2.45) is 5.73 Å². The lowest BCUT2D eigenvalue weighted by Gasteiger charge is -2.23. The Morgan fingerprint density at radius 3 is 2.47 bits per heavy atom. The van der Waals surface area contributed by atoms with E-state index in [0.717, 1.165) is 25.2 Å². The molecule has 2 N–H and O–H groups in total. The summed E-state index contributed by atoms with van der Waals surface area (Å²) in [5.74, 6) is 0.797. The number of sulfonamides is 1. The van der Waals surface area contributed by atoms with Gasteiger partial charge >= 0.3 is 0 Å². The van der Waals surface area contributed by atoms with Gasteiger partial charge in [-0.3, -0.25) is 0 Å². The molecule has 0 aromatic carbocycles. The molecule has 1 aromatic rings. The number of nitrogens with zero attached hydrogens (tertiary/aromatic N) is 3. The van der Waals surface area contributed by atoms with Crippen LogP contribution in [0.1, 0.15) is 12.8 Å². The average Bonchev–Trinajstić information content (AvgIpc) is 3.20. The van der Waals surface area contributed by atoms with Gasteiger partial charge in [0.25, 0.3) is 0 Å². The Morgan fingerprint density at radius 2 is 2.05 bits per heavy atom. The molecule has 1 aromatic heterocycles. The fourth-order valence-corrected chi connectivity index (χ4v) is 2.76. The minimum Gasteiger partial charge on any atom is -0.352 e. The van der Waals surface area contributed by atoms with Crippen LogP contribution < -0.4 is 10.6 Å². The summed E-state index contributed by atoms with van der Waals surface area (Å²) in [7, 11) is -0.392. The van der Waals surface area contributed by atoms with E-state index in [9.17, 15) is 8.42 Å². The Kier molecular flexibility index (Phi) is 4.07. The second-order valence-electron chi connectivity index (χ2n) is 4.85. The highest BCUT2D eigenvalue weighted by molar-refractivity contribution is 7.89. The molecule has 0 spiro atoms. The van der Waals surface area contributed by atoms with Gasteiger partial charge in [-0.05, 0) is 25.0 Å². The van der Waals surface area contributed by atoms with Crippen LogP contribution >= 0.6 is 0 Å². The quantitative estimate of drug-likeness (QED) is 0.810. The monoisotopic (exact) mass is 284 g/mol. The van der Waals surface area contributed by atoms with E-state index in [1.165, 1.54) is 24.6 Å². The van der Waals surface area contributed by atoms with Crippen LogP contribution in [-0.2, 0) is 10.0 Å². The summed E-state index contributed by atoms with van der Waals surface area (Å²) in [6.07, 6.45) is 3.72. The van der Waals surface area contributed by atoms with Crippen molar-refractivity contribution in [1.29, 1.82) is 0 Å². The Balaban J connectivity index is 2.22. The second kappa shape index (κ2) is 5.44. The van der Waals surface area contributed by atoms with Crippen molar-refractivity contribution < 1.29 is 8.42 Å². The Labute approximate surface area is 114 Å². The van der Waals surface area contributed by atoms with Crippen molar-refractivity contribution in [2.75, 3.05) is 32.1 Å². The molecule has 0 bridgehead atoms. The number of aromatic nitrogens is 1. The van der Waals surface area contributed by atoms with Crippen LogP contribution in [0.5, 0.6) is 0 Å². The summed E-state index contributed by atoms with van der Waals surface area (Å²) < 4.78 is 25.1. The SMILES string of the molecule is CN(C)S(=O)(=O)c1ccc(N(CCN)C2CC2)nc1. The summed E-state index contributed by atoms with van der Waals surface area (Å²) in [5.41, 5.74) is 5.60. The van der Waals surface area contributed by atoms with Gasteiger partial charge in [-0.2, -0.15) is 0 Å². The van der Waals surface area contributed by atoms with Crippen LogP contribution in [0, 0.1) is 0 Å². The first-order valence-corrected chi connectivity index (χ1v) is 7.76. The highest BCUT2D eigenvalue weighted by Gasteiger charge is 2.29. The van der Waals surface area contributed by atoms with E-state index in [1.54, 1.807) is 12.1 Å². The van der Waals surface area contributed by atoms with Crippen LogP contribution in [-0.4, -0.2) is 50.9 Å². The molecule has 1 heterocycles. The summed E-state index contributed by atoms with van der Waals surface area (Å²) >= 11 is 0. The fourth-order valence-electron chi connectivity index (χ4n) is 1.92. The topological polar surface area (TPSA) is 79.5 Å². The van der Waals surface area contributed by atoms with Crippen molar-refractivity contribution in [3.8, 4) is 0 Å². The predicted octanol–water partition coefficient (Wildman–Crippen LogP) is 0.259. The highest BCUT2D eigenvalue weighted by Crippen LogP contribution is 2.30. The van der Waals surface area contributed by atoms with E-state index in [2.05, 4.69) is 9.88 Å². The molecule has 0 amide bonds. The van der Waals surface area contributed by atoms with Gasteiger partial charge in [-0.15, -0.1) is 0 Å². The smallest absolute Gasteiger partial charge is 0.244 e. The molecule has 7 heteroatoms. The zero-order valence-corrected chi connectivity index (χ0v) is 12.1. The molecular weight excluding hydrogens is 264 g/mol. The standard InChI is InChI=1S/C12H20N4O2S/c1-15(2)19(17,18)11-5-6-12(14-9-11)16(8-7-13)10-3-4-10/h5-6,9-10H,3-4,7-8,13H2,1-2H3. The van der Waals surface area contributed by atoms with Gasteiger partial charge in [-0.25, -0.2) is 17.7 Å². The molecule has 106 valence electrons. The first-order valence-electron chi connectivity index (χ1n) is 6.32. The predicted molar refractivity (Wildman–Crippen MR) is 74.5 cm³/mol. The minimum absolute atomic E-state index is 0.213. The maximum atomic E-state index is 11.9. The largest absolute Gasteiger partial charge is 0.352 e. The Morgan fingerprint density at radius 1 is 1.37 bits per heavy atom. The van der Waals surface area contributed by atoms with Crippen LogP contribution in [0.2, 0.25) is 0 Å². The van der Waals surface area contributed by atoms with Crippen molar-refractivity contribution in [3.63, 3.8) is 0 Å². The number of hydrogen-bond donors (Lipinski definition) is 1. The zero-order chi connectivity index (χ0) is 14.0. The third kappa shape index (κ3) is 3.05. The fraction of sp³-hybridized carbons (Fsp3) is 0.583. The van der Waals surface area contributed by atoms with Crippen LogP contribution in [0.15, 0.2) is 23.2 Å². The van der Waals surface area contributed by atoms with E-state index in [-0.39, 0.29) is 4.90 Å². The highest BCUT2D eigenvalue weighted by atomic mass is 32.2. The molecule has 0 atom stereocenters. The molecule has 2 rings (SSSR count). The van der Waals surface area contributed by atoms with Crippen molar-refractivity contribution in [3.05, 3.63) is 18.3 Å². The number of pyridine rings is 1. The van der Waals surface area contributed by atoms with Gasteiger partial charge in [-0.1, -0.05) is 0 Å². The molecule has 1 fully saturated rings. The number of rotatable bonds is 6. The molecule has 0 radical (unpaired) electrons. The molecule has 0 saturated heterocycles. The molecule has 1 aliphatic carbocycles. The van der Waals surface area contributed by atoms with Crippen molar-refractivity contribution in [1.82, 2.24) is 9.29 Å². The van der Waals surface area contributed by atoms with E-state index < -0.39 is 10.0 Å². The van der Waals surface area contributed by atoms with E-state index in [4.69, 9.17) is 5.73 Å². The zero-order valence-electron chi connectivity index (χ0n) is 11.3. The molecule has 0 unspecified atom stereocenters. The van der Waals surface area contributed by atoms with Gasteiger partial charge in [0.2, 0.25) is 10.0 Å². The lowest BCUT2D eigenvalue weighted by Crippen LogP contribution is -2.32. The molecule has 19 heavy (non-hydrogen) atoms. The van der Waals surface area contributed by atoms with Crippen molar-refractivity contribution >= 4 is 15.8 Å². The van der Waals surface area contributed by atoms with E-state index in [0.29, 0.717) is 12.6 Å². The molecule has 1 saturated carbocycles. The Bertz CT molecular complexity index is 523. The lowest BCUT2D eigenvalue weighted by atomic mass is 10.4. The van der Waals surface area contributed by atoms with Gasteiger partial charge < -0.3 is 10.6 Å². The molecule has 6 nitrogen and oxygen atoms in total. The first kappa shape index (κ1) is 14.2. The van der Waals surface area contributed by atoms with Gasteiger partial charge in [0.05, 0.1) is 0 Å². The number of nitrogens with two attached hydrogens (primary N) is 1. The van der Waals surface area contributed by atoms with Crippen LogP contribution in [0.4, 0.5) is 5.82 Å². The number of anilines is 1. The summed E-state index contributed by atoms with van der Waals surface area (Å²) in [6, 6.07) is 3.86. The maximum absolute atomic E-state index is 11.9. The average molecular weight is 284 g/mol. The van der Waals surface area contributed by atoms with Gasteiger partial charge in [0, 0.05) is 39.4 Å². The van der Waals surface area contributed by atoms with E-state index >= 15 is 0 Å². The number of hydrogen-bond acceptors (Lipinski definition) is 5. The third-order valence-corrected chi connectivity index (χ3v) is 4.95. The van der Waals surface area contributed by atoms with E-state index in [1.807, 2.05) is 0 Å². The van der Waals surface area contributed by atoms with Crippen LogP contribution in [0.3, 0.4) is 0 Å². The Hall–Kier alpha value is -1.18. The third-order valence-electron chi connectivity index (χ3n) is 3.15. The summed E-state index contributed by atoms with van der Waals surface area (Å²) in [5, 5.41) is 0.